The molecule has 0 saturated heterocycles. The molecular formula is C24H22N4O3. The minimum atomic E-state index is -0.314. The zero-order chi connectivity index (χ0) is 21.5. The second-order valence-electron chi connectivity index (χ2n) is 6.77. The molecule has 2 aromatic carbocycles. The Bertz CT molecular complexity index is 1140. The van der Waals surface area contributed by atoms with Crippen molar-refractivity contribution < 1.29 is 14.3 Å². The molecule has 0 bridgehead atoms. The number of aromatic nitrogens is 3. The van der Waals surface area contributed by atoms with Gasteiger partial charge in [-0.25, -0.2) is 4.68 Å². The highest BCUT2D eigenvalue weighted by atomic mass is 16.5. The van der Waals surface area contributed by atoms with Crippen LogP contribution < -0.4 is 14.8 Å². The molecule has 7 heteroatoms. The second kappa shape index (κ2) is 9.58. The van der Waals surface area contributed by atoms with E-state index in [2.05, 4.69) is 15.4 Å². The van der Waals surface area contributed by atoms with E-state index in [1.807, 2.05) is 72.8 Å². The third-order valence-electron chi connectivity index (χ3n) is 4.60. The van der Waals surface area contributed by atoms with Gasteiger partial charge in [-0.05, 0) is 42.0 Å². The van der Waals surface area contributed by atoms with Crippen LogP contribution in [0.1, 0.15) is 21.7 Å². The summed E-state index contributed by atoms with van der Waals surface area (Å²) in [7, 11) is 1.52. The van der Waals surface area contributed by atoms with Crippen molar-refractivity contribution >= 4 is 5.91 Å². The van der Waals surface area contributed by atoms with E-state index in [4.69, 9.17) is 9.47 Å². The van der Waals surface area contributed by atoms with Gasteiger partial charge in [-0.1, -0.05) is 36.4 Å². The van der Waals surface area contributed by atoms with Gasteiger partial charge in [0.05, 0.1) is 24.7 Å². The Morgan fingerprint density at radius 2 is 1.87 bits per heavy atom. The van der Waals surface area contributed by atoms with Gasteiger partial charge in [0.15, 0.2) is 11.4 Å². The number of carbonyl (C=O) groups excluding carboxylic acids is 1. The number of rotatable bonds is 8. The molecule has 1 N–H and O–H groups in total. The zero-order valence-electron chi connectivity index (χ0n) is 17.1. The normalized spacial score (nSPS) is 10.5. The molecule has 0 aliphatic heterocycles. The monoisotopic (exact) mass is 414 g/mol. The number of nitrogens with one attached hydrogen (secondary N) is 1. The molecule has 2 heterocycles. The smallest absolute Gasteiger partial charge is 0.275 e. The first-order valence-electron chi connectivity index (χ1n) is 9.82. The first kappa shape index (κ1) is 20.2. The molecule has 1 amide bonds. The van der Waals surface area contributed by atoms with Gasteiger partial charge in [-0.3, -0.25) is 9.78 Å². The van der Waals surface area contributed by atoms with Crippen LogP contribution >= 0.6 is 0 Å². The fourth-order valence-electron chi connectivity index (χ4n) is 3.03. The molecule has 0 saturated carbocycles. The minimum absolute atomic E-state index is 0.230. The summed E-state index contributed by atoms with van der Waals surface area (Å²) in [5.74, 6) is 0.809. The lowest BCUT2D eigenvalue weighted by molar-refractivity contribution is 0.0942. The summed E-state index contributed by atoms with van der Waals surface area (Å²) < 4.78 is 12.8. The van der Waals surface area contributed by atoms with E-state index in [9.17, 15) is 4.79 Å². The molecule has 4 rings (SSSR count). The van der Waals surface area contributed by atoms with Gasteiger partial charge in [0.25, 0.3) is 5.91 Å². The minimum Gasteiger partial charge on any atom is -0.493 e. The van der Waals surface area contributed by atoms with Crippen molar-refractivity contribution in [2.24, 2.45) is 0 Å². The van der Waals surface area contributed by atoms with Crippen LogP contribution in [-0.2, 0) is 13.2 Å². The maximum absolute atomic E-state index is 12.7. The quantitative estimate of drug-likeness (QED) is 0.475. The van der Waals surface area contributed by atoms with Crippen LogP contribution in [0.3, 0.4) is 0 Å². The summed E-state index contributed by atoms with van der Waals surface area (Å²) in [5, 5.41) is 7.29. The molecule has 31 heavy (non-hydrogen) atoms. The third kappa shape index (κ3) is 5.08. The Morgan fingerprint density at radius 1 is 1.03 bits per heavy atom. The number of nitrogens with zero attached hydrogens (tertiary/aromatic N) is 3. The Kier molecular flexibility index (Phi) is 6.23. The van der Waals surface area contributed by atoms with Crippen molar-refractivity contribution in [3.8, 4) is 17.2 Å². The van der Waals surface area contributed by atoms with Crippen LogP contribution in [0.4, 0.5) is 0 Å². The summed E-state index contributed by atoms with van der Waals surface area (Å²) in [6.45, 7) is 0.714. The molecule has 0 unspecified atom stereocenters. The molecule has 4 aromatic rings. The van der Waals surface area contributed by atoms with Crippen LogP contribution in [0.2, 0.25) is 0 Å². The average molecular weight is 414 g/mol. The lowest BCUT2D eigenvalue weighted by atomic mass is 10.2. The fourth-order valence-corrected chi connectivity index (χ4v) is 3.03. The molecule has 0 radical (unpaired) electrons. The van der Waals surface area contributed by atoms with Crippen LogP contribution in [-0.4, -0.2) is 27.8 Å². The largest absolute Gasteiger partial charge is 0.493 e. The number of hydrogen-bond donors (Lipinski definition) is 1. The molecule has 156 valence electrons. The summed E-state index contributed by atoms with van der Waals surface area (Å²) in [5.41, 5.74) is 2.84. The second-order valence-corrected chi connectivity index (χ2v) is 6.77. The summed E-state index contributed by atoms with van der Waals surface area (Å²) >= 11 is 0. The number of amides is 1. The van der Waals surface area contributed by atoms with Gasteiger partial charge < -0.3 is 14.8 Å². The van der Waals surface area contributed by atoms with Gasteiger partial charge in [-0.15, -0.1) is 0 Å². The van der Waals surface area contributed by atoms with Gasteiger partial charge in [0, 0.05) is 12.7 Å². The van der Waals surface area contributed by atoms with Crippen LogP contribution in [0.15, 0.2) is 85.2 Å². The van der Waals surface area contributed by atoms with E-state index < -0.39 is 0 Å². The maximum Gasteiger partial charge on any atom is 0.275 e. The maximum atomic E-state index is 12.7. The predicted octanol–water partition coefficient (Wildman–Crippen LogP) is 3.78. The highest BCUT2D eigenvalue weighted by molar-refractivity contribution is 5.94. The lowest BCUT2D eigenvalue weighted by Gasteiger charge is -2.09. The van der Waals surface area contributed by atoms with E-state index in [1.165, 1.54) is 7.11 Å². The Labute approximate surface area is 180 Å². The Hall–Kier alpha value is -4.13. The van der Waals surface area contributed by atoms with Crippen molar-refractivity contribution in [3.05, 3.63) is 102 Å². The first-order chi connectivity index (χ1) is 15.2. The first-order valence-corrected chi connectivity index (χ1v) is 9.82. The number of ether oxygens (including phenoxy) is 2. The molecule has 0 spiro atoms. The molecule has 7 nitrogen and oxygen atoms in total. The summed E-state index contributed by atoms with van der Waals surface area (Å²) in [4.78, 5) is 17.0. The van der Waals surface area contributed by atoms with Gasteiger partial charge in [-0.2, -0.15) is 5.10 Å². The van der Waals surface area contributed by atoms with Crippen LogP contribution in [0.25, 0.3) is 5.69 Å². The van der Waals surface area contributed by atoms with Crippen LogP contribution in [0.5, 0.6) is 11.5 Å². The predicted molar refractivity (Wildman–Crippen MR) is 116 cm³/mol. The van der Waals surface area contributed by atoms with E-state index >= 15 is 0 Å². The van der Waals surface area contributed by atoms with Gasteiger partial charge in [0.1, 0.15) is 12.4 Å². The SMILES string of the molecule is COc1cn(-c2ccccc2)nc1C(=O)NCc1cccc(OCc2ccccn2)c1. The number of pyridine rings is 1. The molecule has 0 aliphatic carbocycles. The number of para-hydroxylation sites is 1. The third-order valence-corrected chi connectivity index (χ3v) is 4.60. The Balaban J connectivity index is 1.40. The zero-order valence-corrected chi connectivity index (χ0v) is 17.1. The van der Waals surface area contributed by atoms with Crippen molar-refractivity contribution in [3.63, 3.8) is 0 Å². The number of hydrogen-bond acceptors (Lipinski definition) is 5. The van der Waals surface area contributed by atoms with E-state index in [1.54, 1.807) is 17.1 Å². The Morgan fingerprint density at radius 3 is 2.65 bits per heavy atom. The van der Waals surface area contributed by atoms with E-state index in [0.29, 0.717) is 24.7 Å². The van der Waals surface area contributed by atoms with Crippen molar-refractivity contribution in [1.82, 2.24) is 20.1 Å². The highest BCUT2D eigenvalue weighted by Crippen LogP contribution is 2.20. The number of carbonyl (C=O) groups is 1. The average Bonchev–Trinajstić information content (AvgIpc) is 3.27. The lowest BCUT2D eigenvalue weighted by Crippen LogP contribution is -2.24. The van der Waals surface area contributed by atoms with Crippen molar-refractivity contribution in [2.45, 2.75) is 13.2 Å². The summed E-state index contributed by atoms with van der Waals surface area (Å²) in [6.07, 6.45) is 3.42. The van der Waals surface area contributed by atoms with Crippen molar-refractivity contribution in [2.75, 3.05) is 7.11 Å². The van der Waals surface area contributed by atoms with E-state index in [0.717, 1.165) is 16.9 Å². The fraction of sp³-hybridized carbons (Fsp3) is 0.125. The number of benzene rings is 2. The molecule has 2 aromatic heterocycles. The van der Waals surface area contributed by atoms with Gasteiger partial charge in [0.2, 0.25) is 0 Å². The van der Waals surface area contributed by atoms with Crippen LogP contribution in [0, 0.1) is 0 Å². The molecule has 0 fully saturated rings. The topological polar surface area (TPSA) is 78.3 Å². The standard InChI is InChI=1S/C24H22N4O3/c1-30-22-16-28(20-10-3-2-4-11-20)27-23(22)24(29)26-15-18-8-7-12-21(14-18)31-17-19-9-5-6-13-25-19/h2-14,16H,15,17H2,1H3,(H,26,29). The summed E-state index contributed by atoms with van der Waals surface area (Å²) in [6, 6.07) is 22.8. The van der Waals surface area contributed by atoms with Gasteiger partial charge >= 0.3 is 0 Å². The highest BCUT2D eigenvalue weighted by Gasteiger charge is 2.18. The van der Waals surface area contributed by atoms with E-state index in [-0.39, 0.29) is 11.6 Å². The molecule has 0 atom stereocenters. The van der Waals surface area contributed by atoms with Crippen molar-refractivity contribution in [1.29, 1.82) is 0 Å². The molecule has 0 aliphatic rings. The number of methoxy groups -OCH3 is 1. The molecular weight excluding hydrogens is 392 g/mol.